The first-order valence-electron chi connectivity index (χ1n) is 10.3. The molecule has 0 aliphatic heterocycles. The van der Waals surface area contributed by atoms with Crippen molar-refractivity contribution in [2.45, 2.75) is 71.1 Å². The molecule has 0 amide bonds. The van der Waals surface area contributed by atoms with E-state index in [-0.39, 0.29) is 16.7 Å². The number of oxime groups is 1. The average molecular weight is 371 g/mol. The molecule has 0 saturated heterocycles. The first kappa shape index (κ1) is 20.1. The van der Waals surface area contributed by atoms with Gasteiger partial charge in [-0.05, 0) is 48.4 Å². The van der Waals surface area contributed by atoms with Gasteiger partial charge in [0.15, 0.2) is 0 Å². The van der Waals surface area contributed by atoms with Crippen LogP contribution in [0, 0.1) is 11.3 Å². The molecule has 1 aromatic carbocycles. The van der Waals surface area contributed by atoms with E-state index < -0.39 is 0 Å². The number of rotatable bonds is 6. The zero-order valence-corrected chi connectivity index (χ0v) is 17.3. The number of hydrogen-bond acceptors (Lipinski definition) is 4. The fraction of sp³-hybridized carbons (Fsp3) is 0.652. The molecule has 4 nitrogen and oxygen atoms in total. The van der Waals surface area contributed by atoms with Crippen LogP contribution in [-0.2, 0) is 21.5 Å². The summed E-state index contributed by atoms with van der Waals surface area (Å²) in [7, 11) is 0. The van der Waals surface area contributed by atoms with Crippen molar-refractivity contribution in [2.24, 2.45) is 22.2 Å². The Hall–Kier alpha value is -1.68. The van der Waals surface area contributed by atoms with Crippen LogP contribution in [-0.4, -0.2) is 25.1 Å². The summed E-state index contributed by atoms with van der Waals surface area (Å²) in [6.07, 6.45) is 6.35. The van der Waals surface area contributed by atoms with E-state index in [4.69, 9.17) is 10.6 Å². The zero-order valence-electron chi connectivity index (χ0n) is 17.3. The topological polar surface area (TPSA) is 64.7 Å². The lowest BCUT2D eigenvalue weighted by atomic mass is 9.49. The molecule has 2 aliphatic carbocycles. The number of fused-ring (bicyclic) bond motifs is 3. The molecule has 1 aromatic rings. The van der Waals surface area contributed by atoms with Crippen molar-refractivity contribution in [1.29, 1.82) is 0 Å². The van der Waals surface area contributed by atoms with Gasteiger partial charge in [0.05, 0.1) is 6.21 Å². The minimum absolute atomic E-state index is 0.0435. The number of nitrogens with two attached hydrogens (primary N) is 1. The molecule has 3 atom stereocenters. The summed E-state index contributed by atoms with van der Waals surface area (Å²) in [6.45, 7) is 9.99. The minimum atomic E-state index is -0.263. The van der Waals surface area contributed by atoms with Gasteiger partial charge in [-0.2, -0.15) is 0 Å². The lowest BCUT2D eigenvalue weighted by Crippen LogP contribution is -2.54. The molecule has 4 heteroatoms. The molecule has 1 fully saturated rings. The summed E-state index contributed by atoms with van der Waals surface area (Å²) >= 11 is 0. The van der Waals surface area contributed by atoms with Crippen molar-refractivity contribution >= 4 is 12.0 Å². The Balaban J connectivity index is 1.93. The quantitative estimate of drug-likeness (QED) is 0.460. The van der Waals surface area contributed by atoms with Crippen LogP contribution in [0.2, 0.25) is 0 Å². The van der Waals surface area contributed by atoms with Crippen LogP contribution in [0.15, 0.2) is 23.4 Å². The van der Waals surface area contributed by atoms with Gasteiger partial charge >= 0.3 is 0 Å². The largest absolute Gasteiger partial charge is 0.396 e. The SMILES string of the molecule is CC(C)c1ccc2c(c1)CC(=O)C1[C@@](C)(C=NOCCCN)CCC[C@]21C. The number of nitrogens with zero attached hydrogens (tertiary/aromatic N) is 1. The van der Waals surface area contributed by atoms with Crippen LogP contribution in [0.1, 0.15) is 76.0 Å². The molecule has 0 bridgehead atoms. The van der Waals surface area contributed by atoms with Gasteiger partial charge in [0.1, 0.15) is 12.4 Å². The number of carbonyl (C=O) groups is 1. The minimum Gasteiger partial charge on any atom is -0.396 e. The zero-order chi connectivity index (χ0) is 19.7. The van der Waals surface area contributed by atoms with Crippen LogP contribution in [0.5, 0.6) is 0 Å². The standard InChI is InChI=1S/C23H34N2O2/c1-16(2)17-7-8-19-18(13-17)14-20(26)21-22(3,9-5-10-23(19,21)4)15-25-27-12-6-11-24/h7-8,13,15-16,21H,5-6,9-12,14,24H2,1-4H3/t21?,22-,23-/m1/s1. The van der Waals surface area contributed by atoms with E-state index >= 15 is 0 Å². The van der Waals surface area contributed by atoms with Crippen molar-refractivity contribution in [3.8, 4) is 0 Å². The smallest absolute Gasteiger partial charge is 0.142 e. The van der Waals surface area contributed by atoms with Crippen LogP contribution < -0.4 is 5.73 Å². The molecule has 0 spiro atoms. The van der Waals surface area contributed by atoms with Gasteiger partial charge in [-0.15, -0.1) is 0 Å². The molecule has 2 N–H and O–H groups in total. The molecule has 0 aromatic heterocycles. The average Bonchev–Trinajstić information content (AvgIpc) is 2.60. The summed E-state index contributed by atoms with van der Waals surface area (Å²) in [5.74, 6) is 0.782. The molecule has 0 radical (unpaired) electrons. The maximum Gasteiger partial charge on any atom is 0.142 e. The Labute approximate surface area is 163 Å². The molecule has 1 saturated carbocycles. The first-order chi connectivity index (χ1) is 12.8. The van der Waals surface area contributed by atoms with Crippen LogP contribution in [0.4, 0.5) is 0 Å². The van der Waals surface area contributed by atoms with E-state index in [0.29, 0.717) is 31.3 Å². The highest BCUT2D eigenvalue weighted by Crippen LogP contribution is 2.55. The van der Waals surface area contributed by atoms with Crippen molar-refractivity contribution in [3.05, 3.63) is 34.9 Å². The second kappa shape index (κ2) is 7.75. The van der Waals surface area contributed by atoms with Crippen molar-refractivity contribution in [1.82, 2.24) is 0 Å². The second-order valence-corrected chi connectivity index (χ2v) is 9.13. The monoisotopic (exact) mass is 370 g/mol. The van der Waals surface area contributed by atoms with E-state index in [2.05, 4.69) is 51.0 Å². The van der Waals surface area contributed by atoms with Gasteiger partial charge in [0.25, 0.3) is 0 Å². The number of benzene rings is 1. The van der Waals surface area contributed by atoms with Crippen molar-refractivity contribution in [3.63, 3.8) is 0 Å². The Kier molecular flexibility index (Phi) is 5.76. The van der Waals surface area contributed by atoms with E-state index in [1.165, 1.54) is 16.7 Å². The fourth-order valence-electron chi connectivity index (χ4n) is 5.33. The number of ketones is 1. The Bertz CT molecular complexity index is 727. The lowest BCUT2D eigenvalue weighted by molar-refractivity contribution is -0.130. The number of carbonyl (C=O) groups excluding carboxylic acids is 1. The second-order valence-electron chi connectivity index (χ2n) is 9.13. The highest BCUT2D eigenvalue weighted by atomic mass is 16.6. The van der Waals surface area contributed by atoms with Gasteiger partial charge in [-0.1, -0.05) is 57.5 Å². The highest BCUT2D eigenvalue weighted by Gasteiger charge is 2.55. The fourth-order valence-corrected chi connectivity index (χ4v) is 5.33. The van der Waals surface area contributed by atoms with E-state index in [0.717, 1.165) is 25.7 Å². The van der Waals surface area contributed by atoms with E-state index in [9.17, 15) is 4.79 Å². The molecule has 148 valence electrons. The van der Waals surface area contributed by atoms with Crippen LogP contribution >= 0.6 is 0 Å². The van der Waals surface area contributed by atoms with Gasteiger partial charge in [-0.3, -0.25) is 4.79 Å². The normalized spacial score (nSPS) is 30.4. The molecule has 2 aliphatic rings. The van der Waals surface area contributed by atoms with Crippen LogP contribution in [0.3, 0.4) is 0 Å². The Morgan fingerprint density at radius 1 is 1.33 bits per heavy atom. The maximum absolute atomic E-state index is 13.3. The maximum atomic E-state index is 13.3. The summed E-state index contributed by atoms with van der Waals surface area (Å²) in [6, 6.07) is 6.79. The number of hydrogen-bond donors (Lipinski definition) is 1. The third-order valence-electron chi connectivity index (χ3n) is 6.67. The predicted octanol–water partition coefficient (Wildman–Crippen LogP) is 4.35. The van der Waals surface area contributed by atoms with E-state index in [1.54, 1.807) is 0 Å². The molecule has 27 heavy (non-hydrogen) atoms. The number of Topliss-reactive ketones (excluding diaryl/α,β-unsaturated/α-hetero) is 1. The lowest BCUT2D eigenvalue weighted by Gasteiger charge is -2.52. The molecular formula is C23H34N2O2. The van der Waals surface area contributed by atoms with Crippen molar-refractivity contribution in [2.75, 3.05) is 13.2 Å². The third kappa shape index (κ3) is 3.69. The summed E-state index contributed by atoms with van der Waals surface area (Å²) in [5.41, 5.74) is 9.01. The van der Waals surface area contributed by atoms with Gasteiger partial charge < -0.3 is 10.6 Å². The molecule has 1 unspecified atom stereocenters. The molecular weight excluding hydrogens is 336 g/mol. The molecule has 0 heterocycles. The molecule has 3 rings (SSSR count). The van der Waals surface area contributed by atoms with Crippen LogP contribution in [0.25, 0.3) is 0 Å². The van der Waals surface area contributed by atoms with Gasteiger partial charge in [-0.25, -0.2) is 0 Å². The summed E-state index contributed by atoms with van der Waals surface area (Å²) in [4.78, 5) is 18.7. The Morgan fingerprint density at radius 2 is 2.11 bits per heavy atom. The summed E-state index contributed by atoms with van der Waals surface area (Å²) < 4.78 is 0. The predicted molar refractivity (Wildman–Crippen MR) is 110 cm³/mol. The van der Waals surface area contributed by atoms with E-state index in [1.807, 2.05) is 6.21 Å². The third-order valence-corrected chi connectivity index (χ3v) is 6.67. The van der Waals surface area contributed by atoms with Crippen molar-refractivity contribution < 1.29 is 9.63 Å². The summed E-state index contributed by atoms with van der Waals surface area (Å²) in [5, 5.41) is 4.22. The highest BCUT2D eigenvalue weighted by molar-refractivity contribution is 5.91. The van der Waals surface area contributed by atoms with Gasteiger partial charge in [0.2, 0.25) is 0 Å². The van der Waals surface area contributed by atoms with Gasteiger partial charge in [0, 0.05) is 23.2 Å². The first-order valence-corrected chi connectivity index (χ1v) is 10.3. The Morgan fingerprint density at radius 3 is 2.81 bits per heavy atom.